The van der Waals surface area contributed by atoms with E-state index in [9.17, 15) is 22.0 Å². The van der Waals surface area contributed by atoms with Gasteiger partial charge in [-0.15, -0.1) is 0 Å². The molecule has 178 valence electrons. The van der Waals surface area contributed by atoms with Gasteiger partial charge in [0.1, 0.15) is 22.3 Å². The van der Waals surface area contributed by atoms with E-state index >= 15 is 0 Å². The molecular formula is C23H23F2N5O3S. The van der Waals surface area contributed by atoms with Gasteiger partial charge in [0.2, 0.25) is 0 Å². The summed E-state index contributed by atoms with van der Waals surface area (Å²) in [4.78, 5) is 23.1. The Morgan fingerprint density at radius 3 is 2.47 bits per heavy atom. The first kappa shape index (κ1) is 22.5. The molecule has 2 aliphatic heterocycles. The fourth-order valence-corrected chi connectivity index (χ4v) is 5.57. The number of anilines is 3. The van der Waals surface area contributed by atoms with Gasteiger partial charge in [-0.3, -0.25) is 9.52 Å². The van der Waals surface area contributed by atoms with Crippen LogP contribution in [0.4, 0.5) is 26.0 Å². The van der Waals surface area contributed by atoms with Crippen LogP contribution in [-0.2, 0) is 10.0 Å². The average molecular weight is 488 g/mol. The molecule has 0 spiro atoms. The van der Waals surface area contributed by atoms with Gasteiger partial charge in [-0.2, -0.15) is 0 Å². The molecule has 5 rings (SSSR count). The van der Waals surface area contributed by atoms with Crippen molar-refractivity contribution in [2.75, 3.05) is 54.3 Å². The predicted octanol–water partition coefficient (Wildman–Crippen LogP) is 3.05. The molecule has 0 aliphatic carbocycles. The average Bonchev–Trinajstić information content (AvgIpc) is 3.07. The summed E-state index contributed by atoms with van der Waals surface area (Å²) in [6.07, 6.45) is 0. The number of hydrogen-bond acceptors (Lipinski definition) is 6. The second-order valence-electron chi connectivity index (χ2n) is 8.40. The molecule has 0 unspecified atom stereocenters. The molecule has 1 N–H and O–H groups in total. The SMILES string of the molecule is CCN1C(=O)c2cc(N3CCN(C)CC3)nc3c(NS(=O)(=O)c4ccc(F)cc4F)ccc1c23. The minimum Gasteiger partial charge on any atom is -0.354 e. The number of rotatable bonds is 5. The summed E-state index contributed by atoms with van der Waals surface area (Å²) in [7, 11) is -2.36. The molecule has 0 bridgehead atoms. The Morgan fingerprint density at radius 1 is 1.06 bits per heavy atom. The molecule has 1 saturated heterocycles. The summed E-state index contributed by atoms with van der Waals surface area (Å²) in [5.41, 5.74) is 1.51. The minimum absolute atomic E-state index is 0.116. The normalized spacial score (nSPS) is 16.5. The summed E-state index contributed by atoms with van der Waals surface area (Å²) in [5.74, 6) is -1.67. The Labute approximate surface area is 195 Å². The number of hydrogen-bond donors (Lipinski definition) is 1. The molecule has 1 fully saturated rings. The molecule has 0 atom stereocenters. The number of likely N-dealkylation sites (N-methyl/N-ethyl adjacent to an activating group) is 1. The van der Waals surface area contributed by atoms with Crippen molar-refractivity contribution < 1.29 is 22.0 Å². The zero-order chi connectivity index (χ0) is 24.2. The number of sulfonamides is 1. The Bertz CT molecular complexity index is 1420. The number of amides is 1. The van der Waals surface area contributed by atoms with E-state index in [0.717, 1.165) is 25.2 Å². The van der Waals surface area contributed by atoms with Crippen molar-refractivity contribution in [3.63, 3.8) is 0 Å². The number of nitrogens with one attached hydrogen (secondary N) is 1. The van der Waals surface area contributed by atoms with E-state index in [1.165, 1.54) is 6.07 Å². The van der Waals surface area contributed by atoms with Crippen molar-refractivity contribution in [1.29, 1.82) is 0 Å². The van der Waals surface area contributed by atoms with Crippen LogP contribution in [0.3, 0.4) is 0 Å². The molecule has 2 aliphatic rings. The van der Waals surface area contributed by atoms with Crippen molar-refractivity contribution in [3.8, 4) is 0 Å². The van der Waals surface area contributed by atoms with Crippen LogP contribution in [0, 0.1) is 11.6 Å². The van der Waals surface area contributed by atoms with Gasteiger partial charge < -0.3 is 14.7 Å². The number of piperazine rings is 1. The number of carbonyl (C=O) groups is 1. The number of pyridine rings is 1. The quantitative estimate of drug-likeness (QED) is 0.596. The maximum Gasteiger partial charge on any atom is 0.264 e. The van der Waals surface area contributed by atoms with Crippen molar-refractivity contribution in [1.82, 2.24) is 9.88 Å². The van der Waals surface area contributed by atoms with Gasteiger partial charge in [0.25, 0.3) is 15.9 Å². The molecule has 0 saturated carbocycles. The van der Waals surface area contributed by atoms with Gasteiger partial charge >= 0.3 is 0 Å². The second-order valence-corrected chi connectivity index (χ2v) is 10.1. The smallest absolute Gasteiger partial charge is 0.264 e. The zero-order valence-electron chi connectivity index (χ0n) is 18.7. The topological polar surface area (TPSA) is 85.8 Å². The van der Waals surface area contributed by atoms with E-state index in [2.05, 4.69) is 14.5 Å². The lowest BCUT2D eigenvalue weighted by atomic mass is 10.1. The molecular weight excluding hydrogens is 464 g/mol. The molecule has 1 amide bonds. The zero-order valence-corrected chi connectivity index (χ0v) is 19.5. The van der Waals surface area contributed by atoms with Crippen LogP contribution in [0.25, 0.3) is 10.9 Å². The largest absolute Gasteiger partial charge is 0.354 e. The summed E-state index contributed by atoms with van der Waals surface area (Å²) >= 11 is 0. The molecule has 1 aromatic heterocycles. The Kier molecular flexibility index (Phi) is 5.40. The van der Waals surface area contributed by atoms with Crippen LogP contribution in [-0.4, -0.2) is 64.0 Å². The van der Waals surface area contributed by atoms with Gasteiger partial charge in [0, 0.05) is 44.2 Å². The third-order valence-corrected chi connectivity index (χ3v) is 7.66. The molecule has 3 aromatic rings. The van der Waals surface area contributed by atoms with Crippen LogP contribution in [0.5, 0.6) is 0 Å². The summed E-state index contributed by atoms with van der Waals surface area (Å²) < 4.78 is 55.9. The van der Waals surface area contributed by atoms with Crippen molar-refractivity contribution in [2.45, 2.75) is 11.8 Å². The third-order valence-electron chi connectivity index (χ3n) is 6.26. The fourth-order valence-electron chi connectivity index (χ4n) is 4.45. The number of carbonyl (C=O) groups excluding carboxylic acids is 1. The lowest BCUT2D eigenvalue weighted by Crippen LogP contribution is -2.44. The number of halogens is 2. The van der Waals surface area contributed by atoms with E-state index in [1.54, 1.807) is 17.0 Å². The Hall–Kier alpha value is -3.31. The lowest BCUT2D eigenvalue weighted by Gasteiger charge is -2.33. The van der Waals surface area contributed by atoms with Crippen LogP contribution < -0.4 is 14.5 Å². The third kappa shape index (κ3) is 3.64. The van der Waals surface area contributed by atoms with Crippen LogP contribution in [0.1, 0.15) is 17.3 Å². The lowest BCUT2D eigenvalue weighted by molar-refractivity contribution is 0.0994. The molecule has 8 nitrogen and oxygen atoms in total. The van der Waals surface area contributed by atoms with Crippen molar-refractivity contribution in [3.05, 3.63) is 53.6 Å². The van der Waals surface area contributed by atoms with E-state index in [-0.39, 0.29) is 11.6 Å². The minimum atomic E-state index is -4.39. The summed E-state index contributed by atoms with van der Waals surface area (Å²) in [5, 5.41) is 0.546. The standard InChI is InChI=1S/C23H23F2N5O3S/c1-3-30-18-6-5-17(27-34(32,33)19-7-4-14(24)12-16(19)25)22-21(18)15(23(30)31)13-20(26-22)29-10-8-28(2)9-11-29/h4-7,12-13,27H,3,8-11H2,1-2H3. The summed E-state index contributed by atoms with van der Waals surface area (Å²) in [6.45, 7) is 5.38. The molecule has 34 heavy (non-hydrogen) atoms. The number of aromatic nitrogens is 1. The van der Waals surface area contributed by atoms with Gasteiger partial charge in [-0.05, 0) is 44.3 Å². The highest BCUT2D eigenvalue weighted by Crippen LogP contribution is 2.42. The maximum absolute atomic E-state index is 14.3. The number of benzene rings is 2. The monoisotopic (exact) mass is 487 g/mol. The molecule has 0 radical (unpaired) electrons. The highest BCUT2D eigenvalue weighted by molar-refractivity contribution is 7.92. The first-order chi connectivity index (χ1) is 16.2. The van der Waals surface area contributed by atoms with Crippen molar-refractivity contribution >= 4 is 44.0 Å². The first-order valence-electron chi connectivity index (χ1n) is 10.9. The summed E-state index contributed by atoms with van der Waals surface area (Å²) in [6, 6.07) is 7.19. The van der Waals surface area contributed by atoms with E-state index < -0.39 is 26.6 Å². The van der Waals surface area contributed by atoms with Gasteiger partial charge in [-0.25, -0.2) is 22.2 Å². The second kappa shape index (κ2) is 8.17. The Balaban J connectivity index is 1.65. The van der Waals surface area contributed by atoms with Gasteiger partial charge in [-0.1, -0.05) is 0 Å². The maximum atomic E-state index is 14.3. The molecule has 2 aromatic carbocycles. The number of nitrogens with zero attached hydrogens (tertiary/aromatic N) is 4. The molecule has 3 heterocycles. The van der Waals surface area contributed by atoms with E-state index in [4.69, 9.17) is 4.98 Å². The van der Waals surface area contributed by atoms with Crippen LogP contribution in [0.15, 0.2) is 41.3 Å². The van der Waals surface area contributed by atoms with Crippen LogP contribution >= 0.6 is 0 Å². The van der Waals surface area contributed by atoms with E-state index in [0.29, 0.717) is 53.7 Å². The van der Waals surface area contributed by atoms with Gasteiger partial charge in [0.05, 0.1) is 22.5 Å². The van der Waals surface area contributed by atoms with Crippen molar-refractivity contribution in [2.24, 2.45) is 0 Å². The van der Waals surface area contributed by atoms with Crippen LogP contribution in [0.2, 0.25) is 0 Å². The molecule has 11 heteroatoms. The Morgan fingerprint density at radius 2 is 1.79 bits per heavy atom. The highest BCUT2D eigenvalue weighted by atomic mass is 32.2. The fraction of sp³-hybridized carbons (Fsp3) is 0.304. The first-order valence-corrected chi connectivity index (χ1v) is 12.4. The highest BCUT2D eigenvalue weighted by Gasteiger charge is 2.33. The van der Waals surface area contributed by atoms with Gasteiger partial charge in [0.15, 0.2) is 0 Å². The van der Waals surface area contributed by atoms with E-state index in [1.807, 2.05) is 14.0 Å². The predicted molar refractivity (Wildman–Crippen MR) is 126 cm³/mol.